The van der Waals surface area contributed by atoms with E-state index in [4.69, 9.17) is 17.3 Å². The molecular formula is C14H16ClN5OS. The molecule has 1 unspecified atom stereocenters. The van der Waals surface area contributed by atoms with Crippen LogP contribution in [0.2, 0.25) is 5.02 Å². The smallest absolute Gasteiger partial charge is 0.233 e. The number of hydrogen-bond donors (Lipinski definition) is 2. The average Bonchev–Trinajstić information content (AvgIpc) is 3.14. The lowest BCUT2D eigenvalue weighted by Gasteiger charge is -2.16. The predicted molar refractivity (Wildman–Crippen MR) is 86.9 cm³/mol. The zero-order valence-corrected chi connectivity index (χ0v) is 13.4. The Labute approximate surface area is 137 Å². The van der Waals surface area contributed by atoms with E-state index in [9.17, 15) is 4.79 Å². The van der Waals surface area contributed by atoms with Crippen molar-refractivity contribution in [2.24, 2.45) is 0 Å². The SMILES string of the molecule is Nc1nc(SCC(=O)N2CCC(c3ccccc3Cl)C2)n[nH]1. The second-order valence-electron chi connectivity index (χ2n) is 5.14. The number of hydrogen-bond acceptors (Lipinski definition) is 5. The van der Waals surface area contributed by atoms with Crippen LogP contribution in [0, 0.1) is 0 Å². The number of nitrogens with zero attached hydrogens (tertiary/aromatic N) is 3. The Kier molecular flexibility index (Phi) is 4.54. The molecule has 2 heterocycles. The minimum absolute atomic E-state index is 0.0860. The van der Waals surface area contributed by atoms with Crippen LogP contribution in [-0.2, 0) is 4.79 Å². The normalized spacial score (nSPS) is 17.9. The highest BCUT2D eigenvalue weighted by Crippen LogP contribution is 2.32. The van der Waals surface area contributed by atoms with E-state index < -0.39 is 0 Å². The number of thioether (sulfide) groups is 1. The van der Waals surface area contributed by atoms with Gasteiger partial charge >= 0.3 is 0 Å². The molecule has 1 aromatic heterocycles. The first kappa shape index (κ1) is 15.2. The van der Waals surface area contributed by atoms with Gasteiger partial charge in [0.25, 0.3) is 0 Å². The number of halogens is 1. The second kappa shape index (κ2) is 6.58. The number of nitrogens with one attached hydrogen (secondary N) is 1. The van der Waals surface area contributed by atoms with Crippen molar-refractivity contribution in [3.05, 3.63) is 34.9 Å². The van der Waals surface area contributed by atoms with Gasteiger partial charge in [0, 0.05) is 24.0 Å². The van der Waals surface area contributed by atoms with Gasteiger partial charge in [0.1, 0.15) is 0 Å². The highest BCUT2D eigenvalue weighted by Gasteiger charge is 2.28. The lowest BCUT2D eigenvalue weighted by Crippen LogP contribution is -2.30. The van der Waals surface area contributed by atoms with Gasteiger partial charge < -0.3 is 10.6 Å². The minimum atomic E-state index is 0.0860. The number of nitrogens with two attached hydrogens (primary N) is 1. The van der Waals surface area contributed by atoms with Crippen molar-refractivity contribution in [3.8, 4) is 0 Å². The first-order chi connectivity index (χ1) is 10.6. The average molecular weight is 338 g/mol. The van der Waals surface area contributed by atoms with E-state index in [0.717, 1.165) is 23.6 Å². The fourth-order valence-corrected chi connectivity index (χ4v) is 3.59. The van der Waals surface area contributed by atoms with E-state index in [0.29, 0.717) is 23.4 Å². The molecule has 22 heavy (non-hydrogen) atoms. The minimum Gasteiger partial charge on any atom is -0.368 e. The molecule has 8 heteroatoms. The van der Waals surface area contributed by atoms with Crippen LogP contribution in [0.4, 0.5) is 5.95 Å². The van der Waals surface area contributed by atoms with Gasteiger partial charge in [-0.05, 0) is 18.1 Å². The number of aromatic nitrogens is 3. The Morgan fingerprint density at radius 3 is 3.05 bits per heavy atom. The predicted octanol–water partition coefficient (Wildman–Crippen LogP) is 2.15. The molecule has 1 saturated heterocycles. The van der Waals surface area contributed by atoms with Crippen molar-refractivity contribution in [2.45, 2.75) is 17.5 Å². The fraction of sp³-hybridized carbons (Fsp3) is 0.357. The molecular weight excluding hydrogens is 322 g/mol. The fourth-order valence-electron chi connectivity index (χ4n) is 2.59. The van der Waals surface area contributed by atoms with Crippen LogP contribution >= 0.6 is 23.4 Å². The summed E-state index contributed by atoms with van der Waals surface area (Å²) in [6.07, 6.45) is 0.938. The van der Waals surface area contributed by atoms with Gasteiger partial charge in [0.2, 0.25) is 17.0 Å². The molecule has 3 N–H and O–H groups in total. The standard InChI is InChI=1S/C14H16ClN5OS/c15-11-4-2-1-3-10(11)9-5-6-20(7-9)12(21)8-22-14-17-13(16)18-19-14/h1-4,9H,5-8H2,(H3,16,17,18,19). The van der Waals surface area contributed by atoms with Crippen LogP contribution < -0.4 is 5.73 Å². The van der Waals surface area contributed by atoms with Gasteiger partial charge in [-0.2, -0.15) is 4.98 Å². The lowest BCUT2D eigenvalue weighted by atomic mass is 9.98. The van der Waals surface area contributed by atoms with Crippen LogP contribution in [0.1, 0.15) is 17.9 Å². The number of benzene rings is 1. The Morgan fingerprint density at radius 1 is 1.50 bits per heavy atom. The number of rotatable bonds is 4. The maximum absolute atomic E-state index is 12.3. The van der Waals surface area contributed by atoms with Gasteiger partial charge in [-0.15, -0.1) is 5.10 Å². The zero-order chi connectivity index (χ0) is 15.5. The Balaban J connectivity index is 1.56. The Morgan fingerprint density at radius 2 is 2.32 bits per heavy atom. The van der Waals surface area contributed by atoms with Crippen molar-refractivity contribution in [1.82, 2.24) is 20.1 Å². The summed E-state index contributed by atoms with van der Waals surface area (Å²) in [5.74, 6) is 0.964. The summed E-state index contributed by atoms with van der Waals surface area (Å²) in [4.78, 5) is 18.1. The van der Waals surface area contributed by atoms with Crippen LogP contribution in [0.3, 0.4) is 0 Å². The molecule has 0 radical (unpaired) electrons. The molecule has 0 spiro atoms. The van der Waals surface area contributed by atoms with E-state index in [1.54, 1.807) is 0 Å². The van der Waals surface area contributed by atoms with E-state index in [1.165, 1.54) is 11.8 Å². The Bertz CT molecular complexity index is 677. The molecule has 6 nitrogen and oxygen atoms in total. The van der Waals surface area contributed by atoms with Crippen molar-refractivity contribution >= 4 is 35.2 Å². The summed E-state index contributed by atoms with van der Waals surface area (Å²) in [6, 6.07) is 7.83. The highest BCUT2D eigenvalue weighted by atomic mass is 35.5. The summed E-state index contributed by atoms with van der Waals surface area (Å²) < 4.78 is 0. The number of likely N-dealkylation sites (tertiary alicyclic amines) is 1. The molecule has 1 amide bonds. The molecule has 1 fully saturated rings. The van der Waals surface area contributed by atoms with Gasteiger partial charge in [-0.3, -0.25) is 4.79 Å². The number of H-pyrrole nitrogens is 1. The highest BCUT2D eigenvalue weighted by molar-refractivity contribution is 7.99. The number of aromatic amines is 1. The number of amides is 1. The Hall–Kier alpha value is -1.73. The van der Waals surface area contributed by atoms with Crippen LogP contribution in [0.5, 0.6) is 0 Å². The third-order valence-corrected chi connectivity index (χ3v) is 4.87. The number of carbonyl (C=O) groups is 1. The van der Waals surface area contributed by atoms with Gasteiger partial charge in [0.05, 0.1) is 5.75 Å². The second-order valence-corrected chi connectivity index (χ2v) is 6.49. The van der Waals surface area contributed by atoms with Gasteiger partial charge in [-0.25, -0.2) is 5.10 Å². The summed E-state index contributed by atoms with van der Waals surface area (Å²) >= 11 is 7.52. The van der Waals surface area contributed by atoms with Crippen LogP contribution in [-0.4, -0.2) is 44.8 Å². The number of anilines is 1. The van der Waals surface area contributed by atoms with E-state index in [2.05, 4.69) is 15.2 Å². The molecule has 0 saturated carbocycles. The van der Waals surface area contributed by atoms with Crippen molar-refractivity contribution in [2.75, 3.05) is 24.6 Å². The molecule has 3 rings (SSSR count). The van der Waals surface area contributed by atoms with Crippen LogP contribution in [0.25, 0.3) is 0 Å². The zero-order valence-electron chi connectivity index (χ0n) is 11.8. The number of nitrogen functional groups attached to an aromatic ring is 1. The maximum atomic E-state index is 12.3. The summed E-state index contributed by atoms with van der Waals surface area (Å²) in [5.41, 5.74) is 6.57. The first-order valence-corrected chi connectivity index (χ1v) is 8.32. The third-order valence-electron chi connectivity index (χ3n) is 3.69. The molecule has 0 aliphatic carbocycles. The van der Waals surface area contributed by atoms with E-state index in [1.807, 2.05) is 29.2 Å². The largest absolute Gasteiger partial charge is 0.368 e. The summed E-state index contributed by atoms with van der Waals surface area (Å²) in [5, 5.41) is 7.72. The number of carbonyl (C=O) groups excluding carboxylic acids is 1. The van der Waals surface area contributed by atoms with E-state index >= 15 is 0 Å². The molecule has 1 aromatic carbocycles. The van der Waals surface area contributed by atoms with Crippen molar-refractivity contribution in [1.29, 1.82) is 0 Å². The monoisotopic (exact) mass is 337 g/mol. The molecule has 116 valence electrons. The van der Waals surface area contributed by atoms with E-state index in [-0.39, 0.29) is 11.9 Å². The van der Waals surface area contributed by atoms with Crippen molar-refractivity contribution in [3.63, 3.8) is 0 Å². The maximum Gasteiger partial charge on any atom is 0.233 e. The molecule has 1 aliphatic heterocycles. The first-order valence-electron chi connectivity index (χ1n) is 6.96. The quantitative estimate of drug-likeness (QED) is 0.835. The van der Waals surface area contributed by atoms with Crippen LogP contribution in [0.15, 0.2) is 29.4 Å². The lowest BCUT2D eigenvalue weighted by molar-refractivity contribution is -0.127. The van der Waals surface area contributed by atoms with Gasteiger partial charge in [-0.1, -0.05) is 41.6 Å². The summed E-state index contributed by atoms with van der Waals surface area (Å²) in [7, 11) is 0. The van der Waals surface area contributed by atoms with Gasteiger partial charge in [0.15, 0.2) is 0 Å². The molecule has 1 aliphatic rings. The third kappa shape index (κ3) is 3.36. The summed E-state index contributed by atoms with van der Waals surface area (Å²) in [6.45, 7) is 1.46. The van der Waals surface area contributed by atoms with Crippen molar-refractivity contribution < 1.29 is 4.79 Å². The topological polar surface area (TPSA) is 87.9 Å². The molecule has 2 aromatic rings. The molecule has 0 bridgehead atoms. The molecule has 1 atom stereocenters.